The number of nitrogens with two attached hydrogens (primary N) is 1. The van der Waals surface area contributed by atoms with Crippen LogP contribution in [0.1, 0.15) is 24.6 Å². The van der Waals surface area contributed by atoms with Gasteiger partial charge >= 0.3 is 0 Å². The highest BCUT2D eigenvalue weighted by Gasteiger charge is 2.19. The molecule has 4 aromatic rings. The van der Waals surface area contributed by atoms with E-state index in [9.17, 15) is 5.26 Å². The van der Waals surface area contributed by atoms with Gasteiger partial charge in [0.2, 0.25) is 0 Å². The Hall–Kier alpha value is -3.39. The summed E-state index contributed by atoms with van der Waals surface area (Å²) in [6.45, 7) is 2.12. The summed E-state index contributed by atoms with van der Waals surface area (Å²) in [6.07, 6.45) is 3.31. The monoisotopic (exact) mass is 327 g/mol. The molecule has 5 nitrogen and oxygen atoms in total. The molecule has 0 fully saturated rings. The van der Waals surface area contributed by atoms with Crippen LogP contribution in [0, 0.1) is 11.3 Å². The van der Waals surface area contributed by atoms with E-state index in [4.69, 9.17) is 5.73 Å². The minimum Gasteiger partial charge on any atom is -0.382 e. The van der Waals surface area contributed by atoms with E-state index in [1.807, 2.05) is 18.2 Å². The third kappa shape index (κ3) is 2.31. The Morgan fingerprint density at radius 1 is 1.16 bits per heavy atom. The van der Waals surface area contributed by atoms with Crippen molar-refractivity contribution < 1.29 is 0 Å². The van der Waals surface area contributed by atoms with E-state index in [2.05, 4.69) is 47.3 Å². The number of anilines is 1. The van der Waals surface area contributed by atoms with Gasteiger partial charge in [-0.3, -0.25) is 0 Å². The van der Waals surface area contributed by atoms with Crippen LogP contribution in [0.3, 0.4) is 0 Å². The average molecular weight is 327 g/mol. The molecule has 122 valence electrons. The van der Waals surface area contributed by atoms with Gasteiger partial charge in [-0.15, -0.1) is 0 Å². The highest BCUT2D eigenvalue weighted by Crippen LogP contribution is 2.35. The zero-order valence-corrected chi connectivity index (χ0v) is 13.9. The number of hydrogen-bond acceptors (Lipinski definition) is 4. The quantitative estimate of drug-likeness (QED) is 0.617. The van der Waals surface area contributed by atoms with Gasteiger partial charge in [0, 0.05) is 0 Å². The van der Waals surface area contributed by atoms with E-state index in [0.29, 0.717) is 17.0 Å². The van der Waals surface area contributed by atoms with Gasteiger partial charge in [-0.05, 0) is 22.8 Å². The van der Waals surface area contributed by atoms with Crippen molar-refractivity contribution in [2.75, 3.05) is 5.73 Å². The van der Waals surface area contributed by atoms with Crippen LogP contribution in [0.15, 0.2) is 48.7 Å². The Kier molecular flexibility index (Phi) is 3.58. The van der Waals surface area contributed by atoms with Crippen LogP contribution >= 0.6 is 0 Å². The maximum atomic E-state index is 9.20. The van der Waals surface area contributed by atoms with Crippen LogP contribution in [0.5, 0.6) is 0 Å². The maximum absolute atomic E-state index is 9.20. The molecule has 0 aliphatic heterocycles. The minimum atomic E-state index is 0.330. The first-order valence-electron chi connectivity index (χ1n) is 8.29. The average Bonchev–Trinajstić information content (AvgIpc) is 3.01. The van der Waals surface area contributed by atoms with Gasteiger partial charge in [0.05, 0.1) is 17.5 Å². The van der Waals surface area contributed by atoms with Gasteiger partial charge in [0.1, 0.15) is 17.5 Å². The fourth-order valence-electron chi connectivity index (χ4n) is 3.26. The third-order valence-electron chi connectivity index (χ3n) is 4.42. The van der Waals surface area contributed by atoms with Crippen LogP contribution in [0.25, 0.3) is 27.5 Å². The molecule has 0 atom stereocenters. The van der Waals surface area contributed by atoms with Crippen molar-refractivity contribution in [3.63, 3.8) is 0 Å². The molecule has 0 bridgehead atoms. The topological polar surface area (TPSA) is 80.0 Å². The van der Waals surface area contributed by atoms with E-state index in [-0.39, 0.29) is 0 Å². The van der Waals surface area contributed by atoms with E-state index in [0.717, 1.165) is 35.0 Å². The predicted octanol–water partition coefficient (Wildman–Crippen LogP) is 3.96. The minimum absolute atomic E-state index is 0.330. The molecule has 2 aromatic carbocycles. The molecule has 0 amide bonds. The van der Waals surface area contributed by atoms with Gasteiger partial charge in [-0.1, -0.05) is 55.8 Å². The number of aromatic nitrogens is 3. The summed E-state index contributed by atoms with van der Waals surface area (Å²) in [6, 6.07) is 16.6. The normalized spacial score (nSPS) is 11.0. The Balaban J connectivity index is 2.11. The zero-order chi connectivity index (χ0) is 17.4. The predicted molar refractivity (Wildman–Crippen MR) is 99.1 cm³/mol. The molecule has 0 unspecified atom stereocenters. The molecule has 0 saturated heterocycles. The van der Waals surface area contributed by atoms with E-state index >= 15 is 0 Å². The van der Waals surface area contributed by atoms with E-state index < -0.39 is 0 Å². The first-order chi connectivity index (χ1) is 12.2. The SMILES string of the molecule is CCCc1nn2c(N)c(C#N)cnc2c1-c1cccc2ccccc12. The molecule has 2 aromatic heterocycles. The summed E-state index contributed by atoms with van der Waals surface area (Å²) in [5.74, 6) is 0.330. The van der Waals surface area contributed by atoms with E-state index in [1.54, 1.807) is 4.52 Å². The Labute approximate surface area is 145 Å². The number of rotatable bonds is 3. The summed E-state index contributed by atoms with van der Waals surface area (Å²) in [5, 5.41) is 16.2. The fourth-order valence-corrected chi connectivity index (χ4v) is 3.26. The Bertz CT molecular complexity index is 1130. The number of nitriles is 1. The van der Waals surface area contributed by atoms with Gasteiger partial charge < -0.3 is 5.73 Å². The summed E-state index contributed by atoms with van der Waals surface area (Å²) >= 11 is 0. The van der Waals surface area contributed by atoms with E-state index in [1.165, 1.54) is 11.6 Å². The first-order valence-corrected chi connectivity index (χ1v) is 8.29. The number of fused-ring (bicyclic) bond motifs is 2. The molecule has 0 saturated carbocycles. The lowest BCUT2D eigenvalue weighted by atomic mass is 9.97. The summed E-state index contributed by atoms with van der Waals surface area (Å²) < 4.78 is 1.60. The van der Waals surface area contributed by atoms with Crippen molar-refractivity contribution in [2.45, 2.75) is 19.8 Å². The number of nitrogens with zero attached hydrogens (tertiary/aromatic N) is 4. The van der Waals surface area contributed by atoms with Crippen LogP contribution in [0.2, 0.25) is 0 Å². The molecule has 2 N–H and O–H groups in total. The maximum Gasteiger partial charge on any atom is 0.165 e. The van der Waals surface area contributed by atoms with Crippen LogP contribution in [-0.4, -0.2) is 14.6 Å². The second-order valence-corrected chi connectivity index (χ2v) is 6.00. The van der Waals surface area contributed by atoms with Crippen LogP contribution in [0.4, 0.5) is 5.82 Å². The lowest BCUT2D eigenvalue weighted by molar-refractivity contribution is 0.838. The molecule has 25 heavy (non-hydrogen) atoms. The second-order valence-electron chi connectivity index (χ2n) is 6.00. The van der Waals surface area contributed by atoms with Crippen molar-refractivity contribution in [1.29, 1.82) is 5.26 Å². The van der Waals surface area contributed by atoms with Gasteiger partial charge in [-0.2, -0.15) is 14.9 Å². The lowest BCUT2D eigenvalue weighted by Gasteiger charge is -2.07. The molecular formula is C20H17N5. The molecule has 2 heterocycles. The van der Waals surface area contributed by atoms with Crippen molar-refractivity contribution >= 4 is 22.2 Å². The van der Waals surface area contributed by atoms with Gasteiger partial charge in [-0.25, -0.2) is 4.98 Å². The van der Waals surface area contributed by atoms with Gasteiger partial charge in [0.25, 0.3) is 0 Å². The molecular weight excluding hydrogens is 310 g/mol. The fraction of sp³-hybridized carbons (Fsp3) is 0.150. The molecule has 4 rings (SSSR count). The first kappa shape index (κ1) is 15.2. The Morgan fingerprint density at radius 3 is 2.76 bits per heavy atom. The standard InChI is InChI=1S/C20H17N5/c1-2-6-17-18(16-10-5-8-13-7-3-4-9-15(13)16)20-23-12-14(11-21)19(22)25(20)24-17/h3-5,7-10,12H,2,6,22H2,1H3. The van der Waals surface area contributed by atoms with Crippen molar-refractivity contribution in [2.24, 2.45) is 0 Å². The third-order valence-corrected chi connectivity index (χ3v) is 4.42. The summed E-state index contributed by atoms with van der Waals surface area (Å²) in [7, 11) is 0. The van der Waals surface area contributed by atoms with Crippen molar-refractivity contribution in [1.82, 2.24) is 14.6 Å². The molecule has 5 heteroatoms. The summed E-state index contributed by atoms with van der Waals surface area (Å²) in [5.41, 5.74) is 10.2. The second kappa shape index (κ2) is 5.91. The zero-order valence-electron chi connectivity index (χ0n) is 13.9. The number of nitrogen functional groups attached to an aromatic ring is 1. The smallest absolute Gasteiger partial charge is 0.165 e. The number of hydrogen-bond donors (Lipinski definition) is 1. The number of benzene rings is 2. The Morgan fingerprint density at radius 2 is 1.96 bits per heavy atom. The molecule has 0 aliphatic carbocycles. The van der Waals surface area contributed by atoms with Gasteiger partial charge in [0.15, 0.2) is 5.65 Å². The van der Waals surface area contributed by atoms with Crippen LogP contribution < -0.4 is 5.73 Å². The highest BCUT2D eigenvalue weighted by molar-refractivity contribution is 6.00. The van der Waals surface area contributed by atoms with Crippen molar-refractivity contribution in [3.8, 4) is 17.2 Å². The van der Waals surface area contributed by atoms with Crippen molar-refractivity contribution in [3.05, 3.63) is 59.9 Å². The highest BCUT2D eigenvalue weighted by atomic mass is 15.3. The molecule has 0 aliphatic rings. The van der Waals surface area contributed by atoms with Crippen LogP contribution in [-0.2, 0) is 6.42 Å². The molecule has 0 radical (unpaired) electrons. The largest absolute Gasteiger partial charge is 0.382 e. The summed E-state index contributed by atoms with van der Waals surface area (Å²) in [4.78, 5) is 4.50. The molecule has 0 spiro atoms. The lowest BCUT2D eigenvalue weighted by Crippen LogP contribution is -2.03. The number of aryl methyl sites for hydroxylation is 1.